The van der Waals surface area contributed by atoms with E-state index in [2.05, 4.69) is 20.6 Å². The normalized spacial score (nSPS) is 18.5. The van der Waals surface area contributed by atoms with Crippen molar-refractivity contribution in [3.63, 3.8) is 0 Å². The summed E-state index contributed by atoms with van der Waals surface area (Å²) in [5.74, 6) is 0.703. The van der Waals surface area contributed by atoms with Crippen molar-refractivity contribution in [2.75, 3.05) is 26.7 Å². The molecule has 2 N–H and O–H groups in total. The number of thiazole rings is 1. The van der Waals surface area contributed by atoms with Crippen LogP contribution < -0.4 is 10.6 Å². The van der Waals surface area contributed by atoms with Crippen molar-refractivity contribution in [3.8, 4) is 0 Å². The van der Waals surface area contributed by atoms with Gasteiger partial charge in [-0.25, -0.2) is 9.78 Å². The summed E-state index contributed by atoms with van der Waals surface area (Å²) in [6, 6.07) is 0. The summed E-state index contributed by atoms with van der Waals surface area (Å²) in [7, 11) is 1.59. The molecular weight excluding hydrogens is 407 g/mol. The molecule has 1 fully saturated rings. The van der Waals surface area contributed by atoms with E-state index in [9.17, 15) is 18.0 Å². The number of rotatable bonds is 4. The van der Waals surface area contributed by atoms with Crippen LogP contribution in [-0.4, -0.2) is 54.2 Å². The van der Waals surface area contributed by atoms with Gasteiger partial charge in [-0.1, -0.05) is 0 Å². The molecule has 2 rings (SSSR count). The Morgan fingerprint density at radius 1 is 1.38 bits per heavy atom. The highest BCUT2D eigenvalue weighted by Crippen LogP contribution is 2.29. The van der Waals surface area contributed by atoms with Crippen LogP contribution in [0.2, 0.25) is 0 Å². The number of hydrogen-bond acceptors (Lipinski definition) is 5. The van der Waals surface area contributed by atoms with Gasteiger partial charge in [-0.3, -0.25) is 4.99 Å². The predicted octanol–water partition coefficient (Wildman–Crippen LogP) is 3.47. The molecule has 1 atom stereocenters. The van der Waals surface area contributed by atoms with Crippen LogP contribution in [0.4, 0.5) is 18.0 Å². The quantitative estimate of drug-likeness (QED) is 0.559. The number of nitrogens with zero attached hydrogens (tertiary/aromatic N) is 3. The molecule has 1 aliphatic rings. The van der Waals surface area contributed by atoms with Crippen molar-refractivity contribution in [1.82, 2.24) is 20.5 Å². The van der Waals surface area contributed by atoms with Gasteiger partial charge in [0, 0.05) is 32.1 Å². The number of halogens is 3. The average molecular weight is 436 g/mol. The van der Waals surface area contributed by atoms with E-state index in [0.717, 1.165) is 29.6 Å². The molecule has 1 saturated heterocycles. The average Bonchev–Trinajstić information content (AvgIpc) is 3.10. The number of carbonyl (C=O) groups is 1. The van der Waals surface area contributed by atoms with Gasteiger partial charge in [0.15, 0.2) is 11.7 Å². The van der Waals surface area contributed by atoms with Gasteiger partial charge < -0.3 is 20.3 Å². The highest BCUT2D eigenvalue weighted by molar-refractivity contribution is 7.09. The van der Waals surface area contributed by atoms with Gasteiger partial charge in [0.05, 0.1) is 6.54 Å². The smallest absolute Gasteiger partial charge is 0.434 e. The first-order valence-electron chi connectivity index (χ1n) is 9.42. The van der Waals surface area contributed by atoms with E-state index >= 15 is 0 Å². The van der Waals surface area contributed by atoms with E-state index in [1.54, 1.807) is 11.9 Å². The number of ether oxygens (including phenoxy) is 1. The second-order valence-electron chi connectivity index (χ2n) is 7.87. The number of amides is 1. The van der Waals surface area contributed by atoms with Crippen molar-refractivity contribution in [2.45, 2.75) is 51.9 Å². The molecule has 1 aromatic rings. The Morgan fingerprint density at radius 2 is 2.10 bits per heavy atom. The molecule has 0 aliphatic carbocycles. The largest absolute Gasteiger partial charge is 0.444 e. The van der Waals surface area contributed by atoms with Crippen LogP contribution in [0.3, 0.4) is 0 Å². The Bertz CT molecular complexity index is 715. The van der Waals surface area contributed by atoms with E-state index in [1.807, 2.05) is 20.8 Å². The third kappa shape index (κ3) is 7.71. The number of aromatic nitrogens is 1. The SMILES string of the molecule is CN=C(NCc1nc(C(F)(F)F)cs1)NCC1CCCN(C(=O)OC(C)(C)C)C1. The molecule has 1 aromatic heterocycles. The highest BCUT2D eigenvalue weighted by Gasteiger charge is 2.33. The summed E-state index contributed by atoms with van der Waals surface area (Å²) >= 11 is 0.948. The van der Waals surface area contributed by atoms with Gasteiger partial charge in [-0.15, -0.1) is 11.3 Å². The van der Waals surface area contributed by atoms with E-state index < -0.39 is 17.5 Å². The van der Waals surface area contributed by atoms with Crippen LogP contribution in [-0.2, 0) is 17.5 Å². The number of hydrogen-bond donors (Lipinski definition) is 2. The second kappa shape index (κ2) is 9.64. The maximum absolute atomic E-state index is 12.6. The minimum atomic E-state index is -4.43. The third-order valence-electron chi connectivity index (χ3n) is 4.20. The van der Waals surface area contributed by atoms with Crippen LogP contribution >= 0.6 is 11.3 Å². The number of carbonyl (C=O) groups excluding carboxylic acids is 1. The fourth-order valence-electron chi connectivity index (χ4n) is 2.87. The first kappa shape index (κ1) is 23.2. The van der Waals surface area contributed by atoms with Gasteiger partial charge in [0.1, 0.15) is 10.6 Å². The lowest BCUT2D eigenvalue weighted by Gasteiger charge is -2.34. The molecule has 29 heavy (non-hydrogen) atoms. The van der Waals surface area contributed by atoms with Crippen molar-refractivity contribution >= 4 is 23.4 Å². The molecule has 7 nitrogen and oxygen atoms in total. The molecule has 0 radical (unpaired) electrons. The summed E-state index contributed by atoms with van der Waals surface area (Å²) in [4.78, 5) is 21.6. The van der Waals surface area contributed by atoms with Crippen LogP contribution in [0.15, 0.2) is 10.4 Å². The molecule has 164 valence electrons. The van der Waals surface area contributed by atoms with Crippen LogP contribution in [0.1, 0.15) is 44.3 Å². The Morgan fingerprint density at radius 3 is 2.69 bits per heavy atom. The third-order valence-corrected chi connectivity index (χ3v) is 5.05. The Labute approximate surface area is 172 Å². The minimum Gasteiger partial charge on any atom is -0.444 e. The van der Waals surface area contributed by atoms with Crippen molar-refractivity contribution < 1.29 is 22.7 Å². The monoisotopic (exact) mass is 435 g/mol. The molecule has 0 aromatic carbocycles. The van der Waals surface area contributed by atoms with Gasteiger partial charge in [0.25, 0.3) is 0 Å². The first-order valence-corrected chi connectivity index (χ1v) is 10.3. The number of piperidine rings is 1. The zero-order valence-electron chi connectivity index (χ0n) is 17.1. The maximum atomic E-state index is 12.6. The predicted molar refractivity (Wildman–Crippen MR) is 106 cm³/mol. The highest BCUT2D eigenvalue weighted by atomic mass is 32.1. The lowest BCUT2D eigenvalue weighted by Crippen LogP contribution is -2.47. The Kier molecular flexibility index (Phi) is 7.73. The summed E-state index contributed by atoms with van der Waals surface area (Å²) in [6.07, 6.45) is -2.90. The fraction of sp³-hybridized carbons (Fsp3) is 0.722. The molecule has 0 saturated carbocycles. The molecule has 0 bridgehead atoms. The zero-order chi connectivity index (χ0) is 21.7. The van der Waals surface area contributed by atoms with E-state index in [1.165, 1.54) is 0 Å². The lowest BCUT2D eigenvalue weighted by atomic mass is 9.98. The minimum absolute atomic E-state index is 0.148. The maximum Gasteiger partial charge on any atom is 0.434 e. The van der Waals surface area contributed by atoms with E-state index in [4.69, 9.17) is 4.74 Å². The molecule has 2 heterocycles. The van der Waals surface area contributed by atoms with Gasteiger partial charge in [-0.2, -0.15) is 13.2 Å². The number of nitrogens with one attached hydrogen (secondary N) is 2. The number of aliphatic imine (C=N–C) groups is 1. The van der Waals surface area contributed by atoms with Gasteiger partial charge >= 0.3 is 12.3 Å². The summed E-state index contributed by atoms with van der Waals surface area (Å²) < 4.78 is 43.3. The fourth-order valence-corrected chi connectivity index (χ4v) is 3.61. The van der Waals surface area contributed by atoms with Gasteiger partial charge in [-0.05, 0) is 39.5 Å². The molecule has 1 unspecified atom stereocenters. The summed E-state index contributed by atoms with van der Waals surface area (Å²) in [5, 5.41) is 7.47. The Balaban J connectivity index is 1.80. The lowest BCUT2D eigenvalue weighted by molar-refractivity contribution is -0.140. The standard InChI is InChI=1S/C18H28F3N5O2S/c1-17(2,3)28-16(27)26-7-5-6-12(10-26)8-23-15(22-4)24-9-14-25-13(11-29-14)18(19,20)21/h11-12H,5-10H2,1-4H3,(H2,22,23,24). The van der Waals surface area contributed by atoms with Crippen LogP contribution in [0.5, 0.6) is 0 Å². The number of guanidine groups is 1. The molecule has 1 aliphatic heterocycles. The topological polar surface area (TPSA) is 78.9 Å². The van der Waals surface area contributed by atoms with E-state index in [-0.39, 0.29) is 18.6 Å². The molecule has 1 amide bonds. The van der Waals surface area contributed by atoms with Crippen LogP contribution in [0.25, 0.3) is 0 Å². The molecule has 11 heteroatoms. The summed E-state index contributed by atoms with van der Waals surface area (Å²) in [5.41, 5.74) is -1.41. The number of alkyl halides is 3. The molecule has 0 spiro atoms. The van der Waals surface area contributed by atoms with Crippen molar-refractivity contribution in [3.05, 3.63) is 16.1 Å². The first-order chi connectivity index (χ1) is 13.5. The zero-order valence-corrected chi connectivity index (χ0v) is 17.9. The van der Waals surface area contributed by atoms with Crippen molar-refractivity contribution in [2.24, 2.45) is 10.9 Å². The summed E-state index contributed by atoms with van der Waals surface area (Å²) in [6.45, 7) is 7.50. The van der Waals surface area contributed by atoms with Gasteiger partial charge in [0.2, 0.25) is 0 Å². The molecular formula is C18H28F3N5O2S. The van der Waals surface area contributed by atoms with E-state index in [0.29, 0.717) is 30.6 Å². The second-order valence-corrected chi connectivity index (χ2v) is 8.81. The van der Waals surface area contributed by atoms with Crippen LogP contribution in [0, 0.1) is 5.92 Å². The van der Waals surface area contributed by atoms with Crippen molar-refractivity contribution in [1.29, 1.82) is 0 Å². The Hall–Kier alpha value is -2.04. The number of likely N-dealkylation sites (tertiary alicyclic amines) is 1.